The van der Waals surface area contributed by atoms with Gasteiger partial charge in [-0.15, -0.1) is 5.06 Å². The maximum absolute atomic E-state index is 13.1. The van der Waals surface area contributed by atoms with Crippen molar-refractivity contribution in [3.05, 3.63) is 76.5 Å². The molecule has 2 aromatic carbocycles. The Morgan fingerprint density at radius 2 is 1.63 bits per heavy atom. The zero-order valence-corrected chi connectivity index (χ0v) is 19.5. The van der Waals surface area contributed by atoms with Gasteiger partial charge in [-0.05, 0) is 42.5 Å². The van der Waals surface area contributed by atoms with Crippen LogP contribution in [0.5, 0.6) is 0 Å². The molecule has 1 heterocycles. The summed E-state index contributed by atoms with van der Waals surface area (Å²) in [5.74, 6) is -0.915. The first kappa shape index (κ1) is 26.5. The Balaban J connectivity index is 1.89. The van der Waals surface area contributed by atoms with E-state index < -0.39 is 36.0 Å². The number of rotatable bonds is 6. The quantitative estimate of drug-likeness (QED) is 0.164. The highest BCUT2D eigenvalue weighted by Gasteiger charge is 2.37. The Kier molecular flexibility index (Phi) is 7.75. The fraction of sp³-hybridized carbons (Fsp3) is 0.261. The van der Waals surface area contributed by atoms with Crippen LogP contribution in [0.2, 0.25) is 0 Å². The van der Waals surface area contributed by atoms with Gasteiger partial charge in [-0.25, -0.2) is 14.8 Å². The number of hydroxylamine groups is 2. The third-order valence-corrected chi connectivity index (χ3v) is 5.42. The van der Waals surface area contributed by atoms with Crippen molar-refractivity contribution >= 4 is 17.7 Å². The summed E-state index contributed by atoms with van der Waals surface area (Å²) in [6.45, 7) is 1.30. The van der Waals surface area contributed by atoms with Crippen molar-refractivity contribution in [2.24, 2.45) is 0 Å². The number of nitrogens with zero attached hydrogens (tertiary/aromatic N) is 3. The fourth-order valence-corrected chi connectivity index (χ4v) is 3.59. The van der Waals surface area contributed by atoms with Gasteiger partial charge in [0.1, 0.15) is 5.56 Å². The van der Waals surface area contributed by atoms with Crippen molar-refractivity contribution in [3.8, 4) is 11.3 Å². The molecule has 0 radical (unpaired) electrons. The number of hydrogen-bond donors (Lipinski definition) is 0. The van der Waals surface area contributed by atoms with Gasteiger partial charge in [0.05, 0.1) is 23.4 Å². The number of halogens is 6. The second-order valence-corrected chi connectivity index (χ2v) is 8.29. The molecule has 186 valence electrons. The average Bonchev–Trinajstić information content (AvgIpc) is 2.77. The van der Waals surface area contributed by atoms with Crippen LogP contribution in [0.15, 0.2) is 53.8 Å². The highest BCUT2D eigenvalue weighted by molar-refractivity contribution is 7.98. The van der Waals surface area contributed by atoms with E-state index in [1.165, 1.54) is 25.0 Å². The van der Waals surface area contributed by atoms with Crippen LogP contribution in [0.4, 0.5) is 26.3 Å². The molecule has 0 aliphatic carbocycles. The number of carbonyl (C=O) groups excluding carboxylic acids is 1. The summed E-state index contributed by atoms with van der Waals surface area (Å²) in [4.78, 5) is 26.6. The van der Waals surface area contributed by atoms with Crippen LogP contribution in [0.1, 0.15) is 32.6 Å². The van der Waals surface area contributed by atoms with Gasteiger partial charge in [-0.3, -0.25) is 0 Å². The maximum Gasteiger partial charge on any atom is 0.416 e. The second-order valence-electron chi connectivity index (χ2n) is 7.51. The molecule has 0 unspecified atom stereocenters. The van der Waals surface area contributed by atoms with Crippen LogP contribution < -0.4 is 0 Å². The molecule has 5 nitrogen and oxygen atoms in total. The first-order chi connectivity index (χ1) is 16.3. The first-order valence-corrected chi connectivity index (χ1v) is 11.2. The van der Waals surface area contributed by atoms with Crippen LogP contribution in [-0.4, -0.2) is 34.3 Å². The lowest BCUT2D eigenvalue weighted by Gasteiger charge is -2.19. The molecule has 3 rings (SSSR count). The summed E-state index contributed by atoms with van der Waals surface area (Å²) in [6, 6.07) is 8.34. The predicted octanol–water partition coefficient (Wildman–Crippen LogP) is 6.42. The molecule has 0 amide bonds. The third-order valence-electron chi connectivity index (χ3n) is 4.86. The zero-order chi connectivity index (χ0) is 26.0. The highest BCUT2D eigenvalue weighted by Crippen LogP contribution is 2.36. The van der Waals surface area contributed by atoms with Gasteiger partial charge >= 0.3 is 18.3 Å². The molecule has 0 spiro atoms. The second kappa shape index (κ2) is 10.2. The number of benzene rings is 2. The molecular weight excluding hydrogens is 496 g/mol. The first-order valence-electron chi connectivity index (χ1n) is 9.98. The topological polar surface area (TPSA) is 55.3 Å². The van der Waals surface area contributed by atoms with Crippen molar-refractivity contribution in [2.75, 3.05) is 13.3 Å². The normalized spacial score (nSPS) is 12.2. The molecule has 1 aromatic heterocycles. The van der Waals surface area contributed by atoms with Crippen molar-refractivity contribution in [3.63, 3.8) is 0 Å². The van der Waals surface area contributed by atoms with Gasteiger partial charge in [-0.1, -0.05) is 36.0 Å². The number of carbonyl (C=O) groups is 1. The summed E-state index contributed by atoms with van der Waals surface area (Å²) < 4.78 is 78.7. The Morgan fingerprint density at radius 1 is 1.03 bits per heavy atom. The van der Waals surface area contributed by atoms with E-state index in [9.17, 15) is 31.1 Å². The van der Waals surface area contributed by atoms with Crippen LogP contribution in [-0.2, 0) is 23.7 Å². The number of aromatic nitrogens is 2. The lowest BCUT2D eigenvalue weighted by atomic mass is 10.0. The Morgan fingerprint density at radius 3 is 2.17 bits per heavy atom. The van der Waals surface area contributed by atoms with E-state index in [0.29, 0.717) is 28.5 Å². The summed E-state index contributed by atoms with van der Waals surface area (Å²) in [5, 5.41) is 1.25. The predicted molar refractivity (Wildman–Crippen MR) is 117 cm³/mol. The SMILES string of the molecule is CSc1ncc(C(=O)ON(C)Cc2cc(C(F)(F)F)cc(C(F)(F)F)c2)c(-c2ccccc2C)n1. The average molecular weight is 515 g/mol. The summed E-state index contributed by atoms with van der Waals surface area (Å²) in [5.41, 5.74) is -1.49. The molecule has 0 aliphatic rings. The molecule has 0 aliphatic heterocycles. The van der Waals surface area contributed by atoms with Gasteiger partial charge in [0.15, 0.2) is 5.16 Å². The van der Waals surface area contributed by atoms with Crippen LogP contribution in [0.3, 0.4) is 0 Å². The fourth-order valence-electron chi connectivity index (χ4n) is 3.25. The number of aryl methyl sites for hydroxylation is 1. The molecule has 0 bridgehead atoms. The van der Waals surface area contributed by atoms with E-state index in [0.717, 1.165) is 10.6 Å². The van der Waals surface area contributed by atoms with Crippen molar-refractivity contribution < 1.29 is 36.0 Å². The standard InChI is InChI=1S/C23H19F6N3O2S/c1-13-6-4-5-7-17(13)19-18(11-30-21(31-19)35-3)20(33)34-32(2)12-14-8-15(22(24,25)26)10-16(9-14)23(27,28)29/h4-11H,12H2,1-3H3. The lowest BCUT2D eigenvalue weighted by Crippen LogP contribution is -2.24. The minimum atomic E-state index is -4.98. The van der Waals surface area contributed by atoms with E-state index >= 15 is 0 Å². The minimum absolute atomic E-state index is 0.0102. The monoisotopic (exact) mass is 515 g/mol. The van der Waals surface area contributed by atoms with Crippen molar-refractivity contribution in [1.82, 2.24) is 15.0 Å². The maximum atomic E-state index is 13.1. The number of thioether (sulfide) groups is 1. The summed E-state index contributed by atoms with van der Waals surface area (Å²) in [6.07, 6.45) is -6.94. The molecule has 0 fully saturated rings. The molecule has 35 heavy (non-hydrogen) atoms. The molecule has 0 saturated heterocycles. The van der Waals surface area contributed by atoms with Gasteiger partial charge < -0.3 is 4.84 Å². The molecule has 0 N–H and O–H groups in total. The molecule has 0 atom stereocenters. The van der Waals surface area contributed by atoms with E-state index in [1.54, 1.807) is 18.4 Å². The van der Waals surface area contributed by atoms with E-state index in [1.807, 2.05) is 19.1 Å². The number of hydrogen-bond acceptors (Lipinski definition) is 6. The van der Waals surface area contributed by atoms with Crippen LogP contribution >= 0.6 is 11.8 Å². The minimum Gasteiger partial charge on any atom is -0.364 e. The Hall–Kier alpha value is -3.12. The van der Waals surface area contributed by atoms with Crippen LogP contribution in [0.25, 0.3) is 11.3 Å². The van der Waals surface area contributed by atoms with Gasteiger partial charge in [0.2, 0.25) is 0 Å². The van der Waals surface area contributed by atoms with Crippen molar-refractivity contribution in [2.45, 2.75) is 31.0 Å². The molecule has 3 aromatic rings. The molecule has 12 heteroatoms. The molecule has 0 saturated carbocycles. The van der Waals surface area contributed by atoms with E-state index in [-0.39, 0.29) is 17.2 Å². The van der Waals surface area contributed by atoms with E-state index in [2.05, 4.69) is 9.97 Å². The van der Waals surface area contributed by atoms with Gasteiger partial charge in [-0.2, -0.15) is 26.3 Å². The van der Waals surface area contributed by atoms with Crippen LogP contribution in [0, 0.1) is 6.92 Å². The Labute approximate surface area is 201 Å². The number of alkyl halides is 6. The van der Waals surface area contributed by atoms with Crippen molar-refractivity contribution in [1.29, 1.82) is 0 Å². The van der Waals surface area contributed by atoms with E-state index in [4.69, 9.17) is 4.84 Å². The Bertz CT molecular complexity index is 1200. The van der Waals surface area contributed by atoms with Gasteiger partial charge in [0.25, 0.3) is 0 Å². The lowest BCUT2D eigenvalue weighted by molar-refractivity contribution is -0.143. The zero-order valence-electron chi connectivity index (χ0n) is 18.7. The summed E-state index contributed by atoms with van der Waals surface area (Å²) >= 11 is 1.26. The third kappa shape index (κ3) is 6.51. The largest absolute Gasteiger partial charge is 0.416 e. The summed E-state index contributed by atoms with van der Waals surface area (Å²) in [7, 11) is 1.22. The highest BCUT2D eigenvalue weighted by atomic mass is 32.2. The van der Waals surface area contributed by atoms with Gasteiger partial charge in [0, 0.05) is 18.8 Å². The molecular formula is C23H19F6N3O2S. The smallest absolute Gasteiger partial charge is 0.364 e.